The van der Waals surface area contributed by atoms with Crippen molar-refractivity contribution in [3.8, 4) is 17.2 Å². The first kappa shape index (κ1) is 22.8. The fourth-order valence-electron chi connectivity index (χ4n) is 3.30. The summed E-state index contributed by atoms with van der Waals surface area (Å²) in [5, 5.41) is 7.70. The Kier molecular flexibility index (Phi) is 6.49. The Labute approximate surface area is 197 Å². The Morgan fingerprint density at radius 1 is 0.941 bits per heavy atom. The van der Waals surface area contributed by atoms with Crippen LogP contribution in [0.25, 0.3) is 10.8 Å². The van der Waals surface area contributed by atoms with E-state index in [1.807, 2.05) is 57.2 Å². The fourth-order valence-corrected chi connectivity index (χ4v) is 3.30. The number of hydrogen-bond acceptors (Lipinski definition) is 7. The first-order valence-electron chi connectivity index (χ1n) is 10.7. The molecule has 0 aliphatic rings. The van der Waals surface area contributed by atoms with Crippen LogP contribution in [0.15, 0.2) is 73.2 Å². The molecular weight excluding hydrogens is 432 g/mol. The molecule has 8 heteroatoms. The maximum atomic E-state index is 12.3. The lowest BCUT2D eigenvalue weighted by Crippen LogP contribution is -2.27. The van der Waals surface area contributed by atoms with Crippen LogP contribution in [0.2, 0.25) is 0 Å². The van der Waals surface area contributed by atoms with Gasteiger partial charge in [0.05, 0.1) is 30.9 Å². The molecule has 2 aromatic heterocycles. The van der Waals surface area contributed by atoms with E-state index in [1.54, 1.807) is 43.9 Å². The van der Waals surface area contributed by atoms with Crippen molar-refractivity contribution in [1.29, 1.82) is 0 Å². The Bertz CT molecular complexity index is 1320. The third-order valence-corrected chi connectivity index (χ3v) is 4.70. The minimum atomic E-state index is -0.586. The van der Waals surface area contributed by atoms with Gasteiger partial charge in [0.1, 0.15) is 28.7 Å². The molecule has 0 bridgehead atoms. The van der Waals surface area contributed by atoms with E-state index in [-0.39, 0.29) is 0 Å². The molecule has 2 N–H and O–H groups in total. The molecule has 4 aromatic rings. The summed E-state index contributed by atoms with van der Waals surface area (Å²) in [6.45, 7) is 5.47. The maximum absolute atomic E-state index is 12.3. The van der Waals surface area contributed by atoms with Gasteiger partial charge in [-0.2, -0.15) is 0 Å². The van der Waals surface area contributed by atoms with Gasteiger partial charge >= 0.3 is 6.09 Å². The lowest BCUT2D eigenvalue weighted by molar-refractivity contribution is 0.0636. The molecule has 2 aromatic carbocycles. The number of anilines is 3. The van der Waals surface area contributed by atoms with E-state index in [2.05, 4.69) is 20.6 Å². The van der Waals surface area contributed by atoms with Crippen LogP contribution in [-0.4, -0.2) is 28.8 Å². The van der Waals surface area contributed by atoms with Crippen molar-refractivity contribution in [2.75, 3.05) is 17.7 Å². The first-order chi connectivity index (χ1) is 16.3. The highest BCUT2D eigenvalue weighted by Gasteiger charge is 2.17. The maximum Gasteiger partial charge on any atom is 0.412 e. The molecule has 0 saturated carbocycles. The van der Waals surface area contributed by atoms with Crippen LogP contribution in [-0.2, 0) is 4.74 Å². The molecule has 0 saturated heterocycles. The van der Waals surface area contributed by atoms with E-state index in [0.29, 0.717) is 28.8 Å². The zero-order valence-corrected chi connectivity index (χ0v) is 19.5. The van der Waals surface area contributed by atoms with Gasteiger partial charge < -0.3 is 19.5 Å². The number of aromatic nitrogens is 2. The van der Waals surface area contributed by atoms with Gasteiger partial charge in [0, 0.05) is 29.1 Å². The zero-order valence-electron chi connectivity index (χ0n) is 19.5. The van der Waals surface area contributed by atoms with Crippen molar-refractivity contribution in [1.82, 2.24) is 9.97 Å². The van der Waals surface area contributed by atoms with Crippen molar-refractivity contribution in [3.05, 3.63) is 73.2 Å². The van der Waals surface area contributed by atoms with Crippen molar-refractivity contribution >= 4 is 34.1 Å². The van der Waals surface area contributed by atoms with E-state index in [4.69, 9.17) is 14.2 Å². The molecule has 0 unspecified atom stereocenters. The second-order valence-electron chi connectivity index (χ2n) is 8.50. The predicted molar refractivity (Wildman–Crippen MR) is 132 cm³/mol. The summed E-state index contributed by atoms with van der Waals surface area (Å²) in [5.74, 6) is 2.49. The van der Waals surface area contributed by atoms with Crippen LogP contribution < -0.4 is 20.1 Å². The summed E-state index contributed by atoms with van der Waals surface area (Å²) in [5.41, 5.74) is 0.795. The van der Waals surface area contributed by atoms with E-state index < -0.39 is 11.7 Å². The number of amides is 1. The van der Waals surface area contributed by atoms with Gasteiger partial charge in [0.15, 0.2) is 0 Å². The average molecular weight is 459 g/mol. The summed E-state index contributed by atoms with van der Waals surface area (Å²) in [7, 11) is 1.59. The Morgan fingerprint density at radius 3 is 2.50 bits per heavy atom. The lowest BCUT2D eigenvalue weighted by atomic mass is 10.1. The minimum absolute atomic E-state index is 0.511. The third-order valence-electron chi connectivity index (χ3n) is 4.70. The van der Waals surface area contributed by atoms with Gasteiger partial charge in [-0.1, -0.05) is 24.3 Å². The number of methoxy groups -OCH3 is 1. The standard InChI is InChI=1S/C26H26N4O4/c1-26(2,3)34-25(31)30-22-9-10-23(21-8-6-5-7-20(21)22)33-18-11-12-28-24(14-18)29-17-13-19(32-4)16-27-15-17/h5-16H,1-4H3,(H,28,29)(H,30,31). The Morgan fingerprint density at radius 2 is 1.74 bits per heavy atom. The molecule has 1 amide bonds. The van der Waals surface area contributed by atoms with E-state index in [9.17, 15) is 4.79 Å². The number of pyridine rings is 2. The fraction of sp³-hybridized carbons (Fsp3) is 0.192. The normalized spacial score (nSPS) is 11.1. The number of ether oxygens (including phenoxy) is 3. The SMILES string of the molecule is COc1cncc(Nc2cc(Oc3ccc(NC(=O)OC(C)(C)C)c4ccccc34)ccn2)c1. The zero-order chi connectivity index (χ0) is 24.1. The summed E-state index contributed by atoms with van der Waals surface area (Å²) < 4.78 is 16.8. The van der Waals surface area contributed by atoms with Gasteiger partial charge in [-0.05, 0) is 39.0 Å². The average Bonchev–Trinajstić information content (AvgIpc) is 2.80. The van der Waals surface area contributed by atoms with Gasteiger partial charge in [-0.3, -0.25) is 10.3 Å². The monoisotopic (exact) mass is 458 g/mol. The Balaban J connectivity index is 1.57. The third kappa shape index (κ3) is 5.72. The smallest absolute Gasteiger partial charge is 0.412 e. The number of fused-ring (bicyclic) bond motifs is 1. The number of benzene rings is 2. The second-order valence-corrected chi connectivity index (χ2v) is 8.50. The van der Waals surface area contributed by atoms with Crippen LogP contribution in [0.5, 0.6) is 17.2 Å². The van der Waals surface area contributed by atoms with E-state index in [1.165, 1.54) is 0 Å². The summed E-state index contributed by atoms with van der Waals surface area (Å²) in [6, 6.07) is 16.7. The van der Waals surface area contributed by atoms with Gasteiger partial charge in [0.2, 0.25) is 0 Å². The highest BCUT2D eigenvalue weighted by molar-refractivity contribution is 6.02. The number of hydrogen-bond donors (Lipinski definition) is 2. The first-order valence-corrected chi connectivity index (χ1v) is 10.7. The van der Waals surface area contributed by atoms with Crippen LogP contribution in [0.1, 0.15) is 20.8 Å². The molecule has 34 heavy (non-hydrogen) atoms. The molecule has 2 heterocycles. The molecule has 174 valence electrons. The molecule has 0 atom stereocenters. The molecule has 4 rings (SSSR count). The topological polar surface area (TPSA) is 94.6 Å². The minimum Gasteiger partial charge on any atom is -0.495 e. The molecule has 0 aliphatic heterocycles. The summed E-state index contributed by atoms with van der Waals surface area (Å²) in [6.07, 6.45) is 4.46. The van der Waals surface area contributed by atoms with E-state index >= 15 is 0 Å². The van der Waals surface area contributed by atoms with Crippen molar-refractivity contribution in [3.63, 3.8) is 0 Å². The largest absolute Gasteiger partial charge is 0.495 e. The molecular formula is C26H26N4O4. The van der Waals surface area contributed by atoms with Crippen molar-refractivity contribution in [2.24, 2.45) is 0 Å². The molecule has 0 spiro atoms. The van der Waals surface area contributed by atoms with Crippen LogP contribution in [0.3, 0.4) is 0 Å². The molecule has 0 fully saturated rings. The number of carbonyl (C=O) groups excluding carboxylic acids is 1. The second kappa shape index (κ2) is 9.66. The van der Waals surface area contributed by atoms with Crippen LogP contribution >= 0.6 is 0 Å². The highest BCUT2D eigenvalue weighted by Crippen LogP contribution is 2.35. The number of nitrogens with zero attached hydrogens (tertiary/aromatic N) is 2. The predicted octanol–water partition coefficient (Wildman–Crippen LogP) is 6.52. The molecule has 0 aliphatic carbocycles. The number of rotatable bonds is 6. The van der Waals surface area contributed by atoms with Gasteiger partial charge in [-0.25, -0.2) is 9.78 Å². The lowest BCUT2D eigenvalue weighted by Gasteiger charge is -2.20. The molecule has 8 nitrogen and oxygen atoms in total. The number of carbonyl (C=O) groups is 1. The van der Waals surface area contributed by atoms with Crippen LogP contribution in [0.4, 0.5) is 22.0 Å². The van der Waals surface area contributed by atoms with E-state index in [0.717, 1.165) is 16.5 Å². The van der Waals surface area contributed by atoms with Crippen molar-refractivity contribution < 1.29 is 19.0 Å². The Hall–Kier alpha value is -4.33. The summed E-state index contributed by atoms with van der Waals surface area (Å²) >= 11 is 0. The number of nitrogens with one attached hydrogen (secondary N) is 2. The molecule has 0 radical (unpaired) electrons. The van der Waals surface area contributed by atoms with Crippen LogP contribution in [0, 0.1) is 0 Å². The van der Waals surface area contributed by atoms with Gasteiger partial charge in [-0.15, -0.1) is 0 Å². The highest BCUT2D eigenvalue weighted by atomic mass is 16.6. The van der Waals surface area contributed by atoms with Crippen molar-refractivity contribution in [2.45, 2.75) is 26.4 Å². The summed E-state index contributed by atoms with van der Waals surface area (Å²) in [4.78, 5) is 20.8. The van der Waals surface area contributed by atoms with Gasteiger partial charge in [0.25, 0.3) is 0 Å². The quantitative estimate of drug-likeness (QED) is 0.339.